The van der Waals surface area contributed by atoms with Crippen molar-refractivity contribution in [2.24, 2.45) is 38.4 Å². The van der Waals surface area contributed by atoms with E-state index in [1.54, 1.807) is 0 Å². The monoisotopic (exact) mass is 368 g/mol. The van der Waals surface area contributed by atoms with Crippen LogP contribution in [0.2, 0.25) is 0 Å². The molecule has 0 spiro atoms. The number of ether oxygens (including phenoxy) is 1. The maximum Gasteiger partial charge on any atom is 0.0537 e. The molecular weight excluding hydrogens is 316 g/mol. The van der Waals surface area contributed by atoms with Gasteiger partial charge in [0.15, 0.2) is 0 Å². The molecule has 0 aliphatic rings. The molecule has 0 aromatic rings. The lowest BCUT2D eigenvalue weighted by Gasteiger charge is -2.61. The van der Waals surface area contributed by atoms with Crippen LogP contribution in [0.5, 0.6) is 0 Å². The van der Waals surface area contributed by atoms with E-state index in [0.29, 0.717) is 11.3 Å². The third-order valence-corrected chi connectivity index (χ3v) is 6.56. The van der Waals surface area contributed by atoms with E-state index in [4.69, 9.17) is 4.74 Å². The highest BCUT2D eigenvalue weighted by Crippen LogP contribution is 2.61. The first-order valence-corrected chi connectivity index (χ1v) is 10.6. The maximum atomic E-state index is 6.61. The molecule has 26 heavy (non-hydrogen) atoms. The highest BCUT2D eigenvalue weighted by molar-refractivity contribution is 5.05. The van der Waals surface area contributed by atoms with Gasteiger partial charge >= 0.3 is 0 Å². The van der Waals surface area contributed by atoms with Crippen molar-refractivity contribution in [1.29, 1.82) is 0 Å². The van der Waals surface area contributed by atoms with E-state index in [-0.39, 0.29) is 27.1 Å². The zero-order valence-electron chi connectivity index (χ0n) is 21.1. The van der Waals surface area contributed by atoms with Gasteiger partial charge in [-0.2, -0.15) is 0 Å². The summed E-state index contributed by atoms with van der Waals surface area (Å²) in [5, 5.41) is 0. The van der Waals surface area contributed by atoms with Crippen LogP contribution in [0.25, 0.3) is 0 Å². The summed E-state index contributed by atoms with van der Waals surface area (Å²) in [4.78, 5) is 0. The molecule has 0 heterocycles. The second kappa shape index (κ2) is 7.76. The fraction of sp³-hybridized carbons (Fsp3) is 1.00. The van der Waals surface area contributed by atoms with E-state index in [2.05, 4.69) is 104 Å². The minimum Gasteiger partial charge on any atom is -0.381 e. The lowest BCUT2D eigenvalue weighted by atomic mass is 9.45. The first kappa shape index (κ1) is 26.0. The zero-order chi connectivity index (χ0) is 21.4. The molecule has 0 amide bonds. The van der Waals surface area contributed by atoms with E-state index in [1.807, 2.05) is 0 Å². The molecule has 0 saturated carbocycles. The van der Waals surface area contributed by atoms with E-state index in [1.165, 1.54) is 6.42 Å². The van der Waals surface area contributed by atoms with Gasteiger partial charge in [-0.1, -0.05) is 104 Å². The van der Waals surface area contributed by atoms with E-state index in [9.17, 15) is 0 Å². The Kier molecular flexibility index (Phi) is 7.75. The Labute approximate surface area is 167 Å². The molecule has 0 bridgehead atoms. The van der Waals surface area contributed by atoms with Gasteiger partial charge < -0.3 is 4.74 Å². The average Bonchev–Trinajstić information content (AvgIpc) is 2.24. The molecule has 0 saturated heterocycles. The quantitative estimate of drug-likeness (QED) is 0.475. The molecule has 1 heteroatoms. The first-order chi connectivity index (χ1) is 11.1. The Morgan fingerprint density at radius 2 is 0.923 bits per heavy atom. The minimum absolute atomic E-state index is 0.0805. The largest absolute Gasteiger partial charge is 0.381 e. The standard InChI is InChI=1S/C25H52O/c1-20(2,3)16-19(21(4,5)6)17-26-18-25(22(7,8)9,23(10,11)12)24(13,14)15/h19H,16-18H2,1-15H3. The van der Waals surface area contributed by atoms with Crippen molar-refractivity contribution in [3.63, 3.8) is 0 Å². The molecule has 0 aliphatic carbocycles. The van der Waals surface area contributed by atoms with Crippen molar-refractivity contribution in [2.75, 3.05) is 13.2 Å². The maximum absolute atomic E-state index is 6.61. The third kappa shape index (κ3) is 6.25. The van der Waals surface area contributed by atoms with Crippen LogP contribution in [0, 0.1) is 38.4 Å². The molecule has 0 aromatic carbocycles. The van der Waals surface area contributed by atoms with Gasteiger partial charge in [0, 0.05) is 12.0 Å². The van der Waals surface area contributed by atoms with Gasteiger partial charge in [-0.3, -0.25) is 0 Å². The summed E-state index contributed by atoms with van der Waals surface area (Å²) in [7, 11) is 0. The van der Waals surface area contributed by atoms with E-state index < -0.39 is 0 Å². The minimum atomic E-state index is 0.0805. The number of hydrogen-bond acceptors (Lipinski definition) is 1. The summed E-state index contributed by atoms with van der Waals surface area (Å²) in [6.07, 6.45) is 1.20. The Hall–Kier alpha value is -0.0400. The number of hydrogen-bond donors (Lipinski definition) is 0. The molecule has 0 aliphatic heterocycles. The molecule has 1 unspecified atom stereocenters. The molecule has 1 nitrogen and oxygen atoms in total. The second-order valence-electron chi connectivity index (χ2n) is 14.0. The van der Waals surface area contributed by atoms with Gasteiger partial charge in [0.2, 0.25) is 0 Å². The molecular formula is C25H52O. The normalized spacial score (nSPS) is 16.7. The van der Waals surface area contributed by atoms with Crippen LogP contribution in [0.3, 0.4) is 0 Å². The van der Waals surface area contributed by atoms with Crippen LogP contribution >= 0.6 is 0 Å². The molecule has 0 N–H and O–H groups in total. The summed E-state index contributed by atoms with van der Waals surface area (Å²) in [5.74, 6) is 0.570. The summed E-state index contributed by atoms with van der Waals surface area (Å²) in [6, 6.07) is 0. The highest BCUT2D eigenvalue weighted by Gasteiger charge is 2.57. The van der Waals surface area contributed by atoms with Crippen molar-refractivity contribution in [1.82, 2.24) is 0 Å². The average molecular weight is 369 g/mol. The smallest absolute Gasteiger partial charge is 0.0537 e. The molecule has 0 fully saturated rings. The summed E-state index contributed by atoms with van der Waals surface area (Å²) in [6.45, 7) is 37.3. The lowest BCUT2D eigenvalue weighted by Crippen LogP contribution is -2.57. The molecule has 0 rings (SSSR count). The van der Waals surface area contributed by atoms with Crippen molar-refractivity contribution >= 4 is 0 Å². The Balaban J connectivity index is 5.65. The van der Waals surface area contributed by atoms with Gasteiger partial charge in [-0.25, -0.2) is 0 Å². The van der Waals surface area contributed by atoms with Crippen LogP contribution in [-0.4, -0.2) is 13.2 Å². The van der Waals surface area contributed by atoms with Gasteiger partial charge in [-0.05, 0) is 39.4 Å². The third-order valence-electron chi connectivity index (χ3n) is 6.56. The second-order valence-corrected chi connectivity index (χ2v) is 14.0. The zero-order valence-corrected chi connectivity index (χ0v) is 21.1. The van der Waals surface area contributed by atoms with Crippen LogP contribution < -0.4 is 0 Å². The molecule has 0 radical (unpaired) electrons. The van der Waals surface area contributed by atoms with Crippen LogP contribution in [0.1, 0.15) is 110 Å². The topological polar surface area (TPSA) is 9.23 Å². The molecule has 0 aromatic heterocycles. The fourth-order valence-electron chi connectivity index (χ4n) is 5.73. The van der Waals surface area contributed by atoms with E-state index in [0.717, 1.165) is 13.2 Å². The SMILES string of the molecule is CC(C)(C)CC(COCC(C(C)(C)C)(C(C)(C)C)C(C)(C)C)C(C)(C)C. The fourth-order valence-corrected chi connectivity index (χ4v) is 5.73. The number of rotatable bonds is 5. The predicted octanol–water partition coefficient (Wildman–Crippen LogP) is 8.23. The van der Waals surface area contributed by atoms with Crippen molar-refractivity contribution in [3.05, 3.63) is 0 Å². The van der Waals surface area contributed by atoms with E-state index >= 15 is 0 Å². The van der Waals surface area contributed by atoms with Gasteiger partial charge in [-0.15, -0.1) is 0 Å². The lowest BCUT2D eigenvalue weighted by molar-refractivity contribution is -0.173. The van der Waals surface area contributed by atoms with Crippen molar-refractivity contribution in [3.8, 4) is 0 Å². The molecule has 158 valence electrons. The van der Waals surface area contributed by atoms with Gasteiger partial charge in [0.1, 0.15) is 0 Å². The van der Waals surface area contributed by atoms with Gasteiger partial charge in [0.25, 0.3) is 0 Å². The van der Waals surface area contributed by atoms with Crippen LogP contribution in [-0.2, 0) is 4.74 Å². The Morgan fingerprint density at radius 3 is 1.15 bits per heavy atom. The predicted molar refractivity (Wildman–Crippen MR) is 119 cm³/mol. The first-order valence-electron chi connectivity index (χ1n) is 10.6. The van der Waals surface area contributed by atoms with Crippen LogP contribution in [0.15, 0.2) is 0 Å². The van der Waals surface area contributed by atoms with Crippen molar-refractivity contribution in [2.45, 2.75) is 110 Å². The summed E-state index contributed by atoms with van der Waals surface area (Å²) < 4.78 is 6.61. The van der Waals surface area contributed by atoms with Crippen LogP contribution in [0.4, 0.5) is 0 Å². The Morgan fingerprint density at radius 1 is 0.577 bits per heavy atom. The summed E-state index contributed by atoms with van der Waals surface area (Å²) >= 11 is 0. The molecule has 1 atom stereocenters. The summed E-state index contributed by atoms with van der Waals surface area (Å²) in [5.41, 5.74) is 1.15. The van der Waals surface area contributed by atoms with Gasteiger partial charge in [0.05, 0.1) is 6.61 Å². The highest BCUT2D eigenvalue weighted by atomic mass is 16.5. The van der Waals surface area contributed by atoms with Crippen molar-refractivity contribution < 1.29 is 4.74 Å². The Bertz CT molecular complexity index is 387.